The summed E-state index contributed by atoms with van der Waals surface area (Å²) < 4.78 is 0. The quantitative estimate of drug-likeness (QED) is 0.363. The predicted octanol–water partition coefficient (Wildman–Crippen LogP) is 3.86. The molecule has 0 amide bonds. The van der Waals surface area contributed by atoms with Gasteiger partial charge in [-0.2, -0.15) is 0 Å². The minimum absolute atomic E-state index is 0.244. The summed E-state index contributed by atoms with van der Waals surface area (Å²) in [6.07, 6.45) is 4.14. The smallest absolute Gasteiger partial charge is 0.129 e. The van der Waals surface area contributed by atoms with Crippen molar-refractivity contribution in [1.29, 1.82) is 0 Å². The molecule has 0 aromatic heterocycles. The summed E-state index contributed by atoms with van der Waals surface area (Å²) in [5.74, 6) is 3.28. The van der Waals surface area contributed by atoms with Gasteiger partial charge in [0.15, 0.2) is 0 Å². The Morgan fingerprint density at radius 2 is 1.85 bits per heavy atom. The Kier molecular flexibility index (Phi) is 4.50. The van der Waals surface area contributed by atoms with Crippen molar-refractivity contribution in [2.45, 2.75) is 46.3 Å². The molecule has 0 aromatic carbocycles. The maximum atomic E-state index is 3.82. The van der Waals surface area contributed by atoms with Gasteiger partial charge >= 0.3 is 0 Å². The average Bonchev–Trinajstić information content (AvgIpc) is 1.97. The van der Waals surface area contributed by atoms with Crippen LogP contribution in [0.5, 0.6) is 0 Å². The van der Waals surface area contributed by atoms with E-state index in [1.54, 1.807) is 0 Å². The Bertz CT molecular complexity index is 220. The minimum Gasteiger partial charge on any atom is -0.132 e. The molecule has 1 heteroatoms. The molecular formula is C12H22Si. The second kappa shape index (κ2) is 4.67. The third-order valence-corrected chi connectivity index (χ3v) is 2.84. The highest BCUT2D eigenvalue weighted by Crippen LogP contribution is 2.22. The van der Waals surface area contributed by atoms with Gasteiger partial charge in [0.2, 0.25) is 0 Å². The van der Waals surface area contributed by atoms with Gasteiger partial charge in [0.05, 0.1) is 0 Å². The van der Waals surface area contributed by atoms with Crippen molar-refractivity contribution in [2.24, 2.45) is 5.41 Å². The first-order valence-corrected chi connectivity index (χ1v) is 8.40. The number of hydrogen-bond acceptors (Lipinski definition) is 0. The van der Waals surface area contributed by atoms with E-state index in [0.717, 1.165) is 12.8 Å². The van der Waals surface area contributed by atoms with Crippen molar-refractivity contribution in [3.8, 4) is 11.5 Å². The van der Waals surface area contributed by atoms with E-state index in [9.17, 15) is 0 Å². The van der Waals surface area contributed by atoms with Gasteiger partial charge < -0.3 is 0 Å². The lowest BCUT2D eigenvalue weighted by atomic mass is 9.88. The Balaban J connectivity index is 3.91. The van der Waals surface area contributed by atoms with Crippen LogP contribution in [0.1, 0.15) is 26.7 Å². The van der Waals surface area contributed by atoms with E-state index in [2.05, 4.69) is 51.5 Å². The molecule has 0 aliphatic carbocycles. The fourth-order valence-electron chi connectivity index (χ4n) is 0.814. The maximum Gasteiger partial charge on any atom is 0.129 e. The lowest BCUT2D eigenvalue weighted by Crippen LogP contribution is -2.16. The van der Waals surface area contributed by atoms with Crippen molar-refractivity contribution in [1.82, 2.24) is 0 Å². The van der Waals surface area contributed by atoms with Crippen LogP contribution in [0.3, 0.4) is 0 Å². The van der Waals surface area contributed by atoms with Gasteiger partial charge in [0.25, 0.3) is 0 Å². The van der Waals surface area contributed by atoms with Gasteiger partial charge in [-0.3, -0.25) is 0 Å². The molecule has 13 heavy (non-hydrogen) atoms. The van der Waals surface area contributed by atoms with E-state index in [-0.39, 0.29) is 5.41 Å². The SMILES string of the molecule is C=CC(C)(C)CCC#C[Si](C)(C)C. The number of rotatable bonds is 3. The Labute approximate surface area is 84.4 Å². The summed E-state index contributed by atoms with van der Waals surface area (Å²) in [6, 6.07) is 0. The molecule has 0 radical (unpaired) electrons. The standard InChI is InChI=1S/C12H22Si/c1-7-12(2,3)10-8-9-11-13(4,5)6/h7H,1,8,10H2,2-6H3. The van der Waals surface area contributed by atoms with Crippen LogP contribution in [-0.4, -0.2) is 8.07 Å². The van der Waals surface area contributed by atoms with E-state index in [1.165, 1.54) is 0 Å². The van der Waals surface area contributed by atoms with Crippen molar-refractivity contribution in [3.63, 3.8) is 0 Å². The topological polar surface area (TPSA) is 0 Å². The predicted molar refractivity (Wildman–Crippen MR) is 64.3 cm³/mol. The van der Waals surface area contributed by atoms with Gasteiger partial charge in [-0.25, -0.2) is 0 Å². The molecule has 0 atom stereocenters. The normalized spacial score (nSPS) is 11.8. The first-order valence-electron chi connectivity index (χ1n) is 4.90. The van der Waals surface area contributed by atoms with Crippen LogP contribution in [0.15, 0.2) is 12.7 Å². The maximum absolute atomic E-state index is 3.82. The third kappa shape index (κ3) is 7.86. The molecule has 0 spiro atoms. The molecule has 0 aliphatic heterocycles. The highest BCUT2D eigenvalue weighted by atomic mass is 28.3. The van der Waals surface area contributed by atoms with E-state index in [4.69, 9.17) is 0 Å². The van der Waals surface area contributed by atoms with E-state index in [1.807, 2.05) is 6.08 Å². The highest BCUT2D eigenvalue weighted by molar-refractivity contribution is 6.83. The van der Waals surface area contributed by atoms with Crippen molar-refractivity contribution in [2.75, 3.05) is 0 Å². The van der Waals surface area contributed by atoms with Gasteiger partial charge in [0.1, 0.15) is 8.07 Å². The summed E-state index contributed by atoms with van der Waals surface area (Å²) in [5.41, 5.74) is 3.62. The molecule has 0 rings (SSSR count). The molecule has 0 saturated heterocycles. The molecule has 74 valence electrons. The lowest BCUT2D eigenvalue weighted by Gasteiger charge is -2.17. The summed E-state index contributed by atoms with van der Waals surface area (Å²) >= 11 is 0. The molecule has 0 aliphatic rings. The van der Waals surface area contributed by atoms with Crippen LogP contribution in [0.2, 0.25) is 19.6 Å². The lowest BCUT2D eigenvalue weighted by molar-refractivity contribution is 0.447. The van der Waals surface area contributed by atoms with Gasteiger partial charge in [-0.15, -0.1) is 18.0 Å². The van der Waals surface area contributed by atoms with E-state index in [0.29, 0.717) is 0 Å². The molecule has 0 N–H and O–H groups in total. The average molecular weight is 194 g/mol. The van der Waals surface area contributed by atoms with Crippen LogP contribution in [0, 0.1) is 16.9 Å². The Hall–Kier alpha value is -0.483. The fraction of sp³-hybridized carbons (Fsp3) is 0.667. The van der Waals surface area contributed by atoms with Crippen molar-refractivity contribution in [3.05, 3.63) is 12.7 Å². The number of hydrogen-bond donors (Lipinski definition) is 0. The van der Waals surface area contributed by atoms with Crippen molar-refractivity contribution < 1.29 is 0 Å². The van der Waals surface area contributed by atoms with Gasteiger partial charge in [0, 0.05) is 6.42 Å². The Morgan fingerprint density at radius 3 is 2.23 bits per heavy atom. The van der Waals surface area contributed by atoms with Crippen LogP contribution < -0.4 is 0 Å². The number of allylic oxidation sites excluding steroid dienone is 1. The zero-order chi connectivity index (χ0) is 10.5. The molecule has 0 aromatic rings. The van der Waals surface area contributed by atoms with Crippen LogP contribution in [0.25, 0.3) is 0 Å². The monoisotopic (exact) mass is 194 g/mol. The molecule has 0 saturated carbocycles. The molecular weight excluding hydrogens is 172 g/mol. The van der Waals surface area contributed by atoms with Crippen molar-refractivity contribution >= 4 is 8.07 Å². The van der Waals surface area contributed by atoms with E-state index < -0.39 is 8.07 Å². The van der Waals surface area contributed by atoms with E-state index >= 15 is 0 Å². The summed E-state index contributed by atoms with van der Waals surface area (Å²) in [6.45, 7) is 15.1. The summed E-state index contributed by atoms with van der Waals surface area (Å²) in [7, 11) is -1.15. The molecule has 0 heterocycles. The van der Waals surface area contributed by atoms with Crippen LogP contribution >= 0.6 is 0 Å². The largest absolute Gasteiger partial charge is 0.132 e. The molecule has 0 unspecified atom stereocenters. The van der Waals surface area contributed by atoms with Gasteiger partial charge in [-0.1, -0.05) is 39.6 Å². The first kappa shape index (κ1) is 12.5. The second-order valence-electron chi connectivity index (χ2n) is 5.24. The van der Waals surface area contributed by atoms with Gasteiger partial charge in [-0.05, 0) is 11.8 Å². The van der Waals surface area contributed by atoms with Crippen LogP contribution in [-0.2, 0) is 0 Å². The third-order valence-electron chi connectivity index (χ3n) is 1.91. The zero-order valence-electron chi connectivity index (χ0n) is 9.70. The van der Waals surface area contributed by atoms with Crippen LogP contribution in [0.4, 0.5) is 0 Å². The fourth-order valence-corrected chi connectivity index (χ4v) is 1.47. The summed E-state index contributed by atoms with van der Waals surface area (Å²) in [4.78, 5) is 0. The summed E-state index contributed by atoms with van der Waals surface area (Å²) in [5, 5.41) is 0. The molecule has 0 fully saturated rings. The highest BCUT2D eigenvalue weighted by Gasteiger charge is 2.11. The minimum atomic E-state index is -1.15. The second-order valence-corrected chi connectivity index (χ2v) is 9.99. The zero-order valence-corrected chi connectivity index (χ0v) is 10.7. The molecule has 0 bridgehead atoms. The Morgan fingerprint density at radius 1 is 1.31 bits per heavy atom. The molecule has 0 nitrogen and oxygen atoms in total. The first-order chi connectivity index (χ1) is 5.77.